The highest BCUT2D eigenvalue weighted by Crippen LogP contribution is 2.43. The average Bonchev–Trinajstić information content (AvgIpc) is 3.17. The molecule has 0 radical (unpaired) electrons. The Morgan fingerprint density at radius 1 is 0.545 bits per heavy atom. The molecule has 55 heavy (non-hydrogen) atoms. The lowest BCUT2D eigenvalue weighted by molar-refractivity contribution is -0.154. The molecule has 0 heterocycles. The number of phosphoric acid groups is 1. The lowest BCUT2D eigenvalue weighted by atomic mass is 10.1. The number of phosphoric ester groups is 1. The van der Waals surface area contributed by atoms with Gasteiger partial charge in [-0.1, -0.05) is 165 Å². The molecule has 0 aliphatic rings. The van der Waals surface area contributed by atoms with Crippen LogP contribution in [0.5, 0.6) is 0 Å². The van der Waals surface area contributed by atoms with Crippen LogP contribution < -0.4 is 5.73 Å². The number of carbonyl (C=O) groups excluding carboxylic acids is 1. The molecule has 0 aromatic heterocycles. The normalized spacial score (nSPS) is 13.9. The summed E-state index contributed by atoms with van der Waals surface area (Å²) in [5.41, 5.74) is 5.37. The summed E-state index contributed by atoms with van der Waals surface area (Å²) in [6.07, 6.45) is 51.2. The molecule has 2 atom stereocenters. The van der Waals surface area contributed by atoms with Crippen LogP contribution in [0, 0.1) is 0 Å². The van der Waals surface area contributed by atoms with E-state index in [0.717, 1.165) is 57.8 Å². The Hall–Kier alpha value is -1.54. The smallest absolute Gasteiger partial charge is 0.457 e. The maximum atomic E-state index is 12.6. The van der Waals surface area contributed by atoms with Gasteiger partial charge < -0.3 is 20.1 Å². The maximum Gasteiger partial charge on any atom is 0.472 e. The van der Waals surface area contributed by atoms with E-state index >= 15 is 0 Å². The monoisotopic (exact) mass is 796 g/mol. The second kappa shape index (κ2) is 43.6. The Labute approximate surface area is 339 Å². The van der Waals surface area contributed by atoms with Crippen molar-refractivity contribution in [3.63, 3.8) is 0 Å². The number of ether oxygens (including phenoxy) is 2. The summed E-state index contributed by atoms with van der Waals surface area (Å²) >= 11 is 0. The van der Waals surface area contributed by atoms with Crippen molar-refractivity contribution in [3.8, 4) is 0 Å². The van der Waals surface area contributed by atoms with E-state index in [1.54, 1.807) is 0 Å². The predicted molar refractivity (Wildman–Crippen MR) is 233 cm³/mol. The fraction of sp³-hybridized carbons (Fsp3) is 0.804. The highest BCUT2D eigenvalue weighted by Gasteiger charge is 2.25. The average molecular weight is 796 g/mol. The lowest BCUT2D eigenvalue weighted by Crippen LogP contribution is -2.28. The van der Waals surface area contributed by atoms with Gasteiger partial charge in [0.1, 0.15) is 6.10 Å². The van der Waals surface area contributed by atoms with Gasteiger partial charge in [0.15, 0.2) is 0 Å². The van der Waals surface area contributed by atoms with E-state index in [4.69, 9.17) is 24.3 Å². The summed E-state index contributed by atoms with van der Waals surface area (Å²) in [6.45, 7) is 4.88. The van der Waals surface area contributed by atoms with Crippen molar-refractivity contribution >= 4 is 13.8 Å². The molecule has 3 N–H and O–H groups in total. The van der Waals surface area contributed by atoms with Crippen molar-refractivity contribution in [2.45, 2.75) is 206 Å². The third-order valence-electron chi connectivity index (χ3n) is 9.47. The second-order valence-corrected chi connectivity index (χ2v) is 16.4. The molecular weight excluding hydrogens is 709 g/mol. The van der Waals surface area contributed by atoms with Crippen LogP contribution in [0.3, 0.4) is 0 Å². The molecule has 0 bridgehead atoms. The fourth-order valence-corrected chi connectivity index (χ4v) is 6.88. The molecule has 0 spiro atoms. The molecule has 9 heteroatoms. The quantitative estimate of drug-likeness (QED) is 0.0271. The SMILES string of the molecule is CCCCCCC/C=C\C/C=C\C/C=C\CCCCCCCCC(=O)OC(COCCCCCCCC/C=C\CCCCCCC)COP(=O)(O)OCCN. The summed E-state index contributed by atoms with van der Waals surface area (Å²) in [4.78, 5) is 22.5. The van der Waals surface area contributed by atoms with Crippen LogP contribution in [-0.2, 0) is 27.9 Å². The van der Waals surface area contributed by atoms with Crippen LogP contribution in [0.4, 0.5) is 0 Å². The molecule has 0 fully saturated rings. The van der Waals surface area contributed by atoms with Gasteiger partial charge in [0, 0.05) is 19.6 Å². The number of esters is 1. The van der Waals surface area contributed by atoms with Crippen LogP contribution in [0.2, 0.25) is 0 Å². The molecule has 0 amide bonds. The van der Waals surface area contributed by atoms with Crippen LogP contribution in [0.15, 0.2) is 48.6 Å². The van der Waals surface area contributed by atoms with Gasteiger partial charge in [-0.3, -0.25) is 13.8 Å². The third-order valence-corrected chi connectivity index (χ3v) is 10.5. The van der Waals surface area contributed by atoms with Crippen LogP contribution in [0.25, 0.3) is 0 Å². The Morgan fingerprint density at radius 2 is 0.964 bits per heavy atom. The number of allylic oxidation sites excluding steroid dienone is 8. The van der Waals surface area contributed by atoms with Crippen molar-refractivity contribution in [2.75, 3.05) is 33.0 Å². The Morgan fingerprint density at radius 3 is 1.45 bits per heavy atom. The van der Waals surface area contributed by atoms with Gasteiger partial charge in [0.05, 0.1) is 19.8 Å². The first-order valence-corrected chi connectivity index (χ1v) is 24.1. The molecule has 0 aromatic carbocycles. The molecule has 0 rings (SSSR count). The number of rotatable bonds is 43. The topological polar surface area (TPSA) is 117 Å². The van der Waals surface area contributed by atoms with Gasteiger partial charge >= 0.3 is 13.8 Å². The van der Waals surface area contributed by atoms with Gasteiger partial charge in [-0.2, -0.15) is 0 Å². The zero-order chi connectivity index (χ0) is 40.2. The van der Waals surface area contributed by atoms with E-state index in [9.17, 15) is 14.3 Å². The van der Waals surface area contributed by atoms with Crippen LogP contribution in [-0.4, -0.2) is 49.9 Å². The van der Waals surface area contributed by atoms with Crippen LogP contribution in [0.1, 0.15) is 200 Å². The van der Waals surface area contributed by atoms with Gasteiger partial charge in [0.2, 0.25) is 0 Å². The minimum absolute atomic E-state index is 0.0957. The molecule has 0 saturated heterocycles. The zero-order valence-corrected chi connectivity index (χ0v) is 36.6. The predicted octanol–water partition coefficient (Wildman–Crippen LogP) is 13.6. The number of hydrogen-bond acceptors (Lipinski definition) is 7. The standard InChI is InChI=1S/C46H86NO7P/c1-3-5-7-9-11-13-15-17-19-20-21-22-23-24-25-27-29-31-33-35-37-39-46(48)54-45(44-53-55(49,50)52-42-40-47)43-51-41-38-36-34-32-30-28-26-18-16-14-12-10-8-6-4-2/h15-18,20-21,23-24,45H,3-14,19,22,25-44,47H2,1-2H3,(H,49,50)/b17-15-,18-16-,21-20-,24-23-. The summed E-state index contributed by atoms with van der Waals surface area (Å²) in [6, 6.07) is 0. The highest BCUT2D eigenvalue weighted by molar-refractivity contribution is 7.47. The molecule has 0 aliphatic carbocycles. The van der Waals surface area contributed by atoms with E-state index in [-0.39, 0.29) is 32.3 Å². The zero-order valence-electron chi connectivity index (χ0n) is 35.7. The Balaban J connectivity index is 4.05. The van der Waals surface area contributed by atoms with Gasteiger partial charge in [-0.05, 0) is 77.0 Å². The fourth-order valence-electron chi connectivity index (χ4n) is 6.12. The summed E-state index contributed by atoms with van der Waals surface area (Å²) < 4.78 is 33.4. The Bertz CT molecular complexity index is 983. The number of carbonyl (C=O) groups is 1. The van der Waals surface area contributed by atoms with E-state index in [0.29, 0.717) is 13.0 Å². The number of hydrogen-bond donors (Lipinski definition) is 2. The first kappa shape index (κ1) is 53.5. The maximum absolute atomic E-state index is 12.6. The number of nitrogens with two attached hydrogens (primary N) is 1. The van der Waals surface area contributed by atoms with E-state index in [2.05, 4.69) is 62.5 Å². The van der Waals surface area contributed by atoms with E-state index < -0.39 is 13.9 Å². The van der Waals surface area contributed by atoms with Crippen molar-refractivity contribution < 1.29 is 32.8 Å². The molecule has 8 nitrogen and oxygen atoms in total. The van der Waals surface area contributed by atoms with Crippen molar-refractivity contribution in [3.05, 3.63) is 48.6 Å². The van der Waals surface area contributed by atoms with Crippen molar-refractivity contribution in [2.24, 2.45) is 5.73 Å². The molecule has 0 saturated carbocycles. The molecule has 322 valence electrons. The Kier molecular flexibility index (Phi) is 42.4. The summed E-state index contributed by atoms with van der Waals surface area (Å²) in [5, 5.41) is 0. The van der Waals surface area contributed by atoms with E-state index in [1.807, 2.05) is 0 Å². The second-order valence-electron chi connectivity index (χ2n) is 14.9. The third kappa shape index (κ3) is 43.4. The minimum atomic E-state index is -4.28. The van der Waals surface area contributed by atoms with Gasteiger partial charge in [-0.25, -0.2) is 4.57 Å². The summed E-state index contributed by atoms with van der Waals surface area (Å²) in [7, 11) is -4.28. The number of unbranched alkanes of at least 4 members (excludes halogenated alkanes) is 22. The first-order chi connectivity index (χ1) is 26.9. The molecule has 2 unspecified atom stereocenters. The van der Waals surface area contributed by atoms with E-state index in [1.165, 1.54) is 122 Å². The van der Waals surface area contributed by atoms with Crippen molar-refractivity contribution in [1.82, 2.24) is 0 Å². The van der Waals surface area contributed by atoms with Crippen molar-refractivity contribution in [1.29, 1.82) is 0 Å². The largest absolute Gasteiger partial charge is 0.472 e. The highest BCUT2D eigenvalue weighted by atomic mass is 31.2. The molecular formula is C46H86NO7P. The van der Waals surface area contributed by atoms with Crippen LogP contribution >= 0.6 is 7.82 Å². The van der Waals surface area contributed by atoms with Gasteiger partial charge in [0.25, 0.3) is 0 Å². The van der Waals surface area contributed by atoms with Gasteiger partial charge in [-0.15, -0.1) is 0 Å². The first-order valence-electron chi connectivity index (χ1n) is 22.6. The summed E-state index contributed by atoms with van der Waals surface area (Å²) in [5.74, 6) is -0.345. The minimum Gasteiger partial charge on any atom is -0.457 e. The molecule has 0 aliphatic heterocycles. The lowest BCUT2D eigenvalue weighted by Gasteiger charge is -2.20. The molecule has 0 aromatic rings.